The number of rotatable bonds is 4. The first kappa shape index (κ1) is 13.4. The number of ether oxygens (including phenoxy) is 2. The SMILES string of the molecule is CC(C)C1CC(CC(C)(C)C2CCOC2)CO1. The van der Waals surface area contributed by atoms with Gasteiger partial charge in [0.05, 0.1) is 6.10 Å². The summed E-state index contributed by atoms with van der Waals surface area (Å²) in [4.78, 5) is 0. The first-order chi connectivity index (χ1) is 7.99. The van der Waals surface area contributed by atoms with Crippen LogP contribution in [0.15, 0.2) is 0 Å². The minimum Gasteiger partial charge on any atom is -0.381 e. The topological polar surface area (TPSA) is 18.5 Å². The third-order valence-electron chi connectivity index (χ3n) is 4.70. The van der Waals surface area contributed by atoms with Crippen LogP contribution in [0.1, 0.15) is 47.0 Å². The van der Waals surface area contributed by atoms with Crippen molar-refractivity contribution >= 4 is 0 Å². The first-order valence-corrected chi connectivity index (χ1v) is 7.18. The van der Waals surface area contributed by atoms with Gasteiger partial charge >= 0.3 is 0 Å². The van der Waals surface area contributed by atoms with E-state index in [-0.39, 0.29) is 0 Å². The molecule has 2 rings (SSSR count). The number of hydrogen-bond acceptors (Lipinski definition) is 2. The molecule has 0 aromatic carbocycles. The van der Waals surface area contributed by atoms with Gasteiger partial charge in [0.1, 0.15) is 0 Å². The molecule has 17 heavy (non-hydrogen) atoms. The lowest BCUT2D eigenvalue weighted by Gasteiger charge is -2.33. The van der Waals surface area contributed by atoms with E-state index in [1.807, 2.05) is 0 Å². The summed E-state index contributed by atoms with van der Waals surface area (Å²) >= 11 is 0. The molecule has 0 aromatic rings. The Morgan fingerprint density at radius 1 is 1.24 bits per heavy atom. The van der Waals surface area contributed by atoms with Crippen LogP contribution in [0.2, 0.25) is 0 Å². The van der Waals surface area contributed by atoms with Gasteiger partial charge in [0.25, 0.3) is 0 Å². The summed E-state index contributed by atoms with van der Waals surface area (Å²) in [5.74, 6) is 2.18. The van der Waals surface area contributed by atoms with Gasteiger partial charge in [-0.3, -0.25) is 0 Å². The van der Waals surface area contributed by atoms with E-state index in [1.165, 1.54) is 19.3 Å². The van der Waals surface area contributed by atoms with Gasteiger partial charge in [-0.05, 0) is 42.4 Å². The van der Waals surface area contributed by atoms with Crippen LogP contribution in [0.3, 0.4) is 0 Å². The molecule has 0 aromatic heterocycles. The van der Waals surface area contributed by atoms with E-state index in [0.29, 0.717) is 17.4 Å². The Labute approximate surface area is 106 Å². The van der Waals surface area contributed by atoms with Crippen LogP contribution in [0.4, 0.5) is 0 Å². The highest BCUT2D eigenvalue weighted by molar-refractivity contribution is 4.86. The largest absolute Gasteiger partial charge is 0.381 e. The van der Waals surface area contributed by atoms with Gasteiger partial charge < -0.3 is 9.47 Å². The van der Waals surface area contributed by atoms with Gasteiger partial charge in [0, 0.05) is 19.8 Å². The zero-order valence-corrected chi connectivity index (χ0v) is 11.9. The van der Waals surface area contributed by atoms with Crippen LogP contribution in [0.25, 0.3) is 0 Å². The van der Waals surface area contributed by atoms with Crippen LogP contribution in [-0.4, -0.2) is 25.9 Å². The predicted octanol–water partition coefficient (Wildman–Crippen LogP) is 3.50. The van der Waals surface area contributed by atoms with E-state index >= 15 is 0 Å². The predicted molar refractivity (Wildman–Crippen MR) is 70.0 cm³/mol. The summed E-state index contributed by atoms with van der Waals surface area (Å²) < 4.78 is 11.4. The van der Waals surface area contributed by atoms with Gasteiger partial charge in [-0.2, -0.15) is 0 Å². The molecule has 2 aliphatic heterocycles. The van der Waals surface area contributed by atoms with Crippen molar-refractivity contribution in [2.24, 2.45) is 23.2 Å². The zero-order chi connectivity index (χ0) is 12.5. The molecule has 3 unspecified atom stereocenters. The molecule has 0 spiro atoms. The van der Waals surface area contributed by atoms with Crippen molar-refractivity contribution in [1.29, 1.82) is 0 Å². The highest BCUT2D eigenvalue weighted by atomic mass is 16.5. The van der Waals surface area contributed by atoms with Crippen LogP contribution in [0, 0.1) is 23.2 Å². The maximum atomic E-state index is 5.90. The molecular formula is C15H28O2. The van der Waals surface area contributed by atoms with Crippen molar-refractivity contribution in [2.45, 2.75) is 53.1 Å². The van der Waals surface area contributed by atoms with Crippen LogP contribution >= 0.6 is 0 Å². The van der Waals surface area contributed by atoms with E-state index in [2.05, 4.69) is 27.7 Å². The molecule has 0 aliphatic carbocycles. The van der Waals surface area contributed by atoms with Gasteiger partial charge in [-0.1, -0.05) is 27.7 Å². The lowest BCUT2D eigenvalue weighted by atomic mass is 9.72. The van der Waals surface area contributed by atoms with Crippen molar-refractivity contribution in [2.75, 3.05) is 19.8 Å². The normalized spacial score (nSPS) is 34.8. The summed E-state index contributed by atoms with van der Waals surface area (Å²) in [6.07, 6.45) is 4.29. The molecule has 2 heterocycles. The molecule has 0 radical (unpaired) electrons. The Balaban J connectivity index is 1.84. The Morgan fingerprint density at radius 2 is 2.00 bits per heavy atom. The third-order valence-corrected chi connectivity index (χ3v) is 4.70. The molecule has 0 N–H and O–H groups in total. The summed E-state index contributed by atoms with van der Waals surface area (Å²) in [5.41, 5.74) is 0.413. The molecule has 2 saturated heterocycles. The van der Waals surface area contributed by atoms with Crippen LogP contribution in [-0.2, 0) is 9.47 Å². The maximum absolute atomic E-state index is 5.90. The average molecular weight is 240 g/mol. The van der Waals surface area contributed by atoms with Gasteiger partial charge in [0.15, 0.2) is 0 Å². The Bertz CT molecular complexity index is 241. The molecule has 3 atom stereocenters. The molecule has 0 saturated carbocycles. The molecule has 2 fully saturated rings. The Morgan fingerprint density at radius 3 is 2.53 bits per heavy atom. The Kier molecular flexibility index (Phi) is 4.14. The van der Waals surface area contributed by atoms with Crippen LogP contribution < -0.4 is 0 Å². The molecule has 100 valence electrons. The third kappa shape index (κ3) is 3.23. The van der Waals surface area contributed by atoms with Crippen molar-refractivity contribution in [3.8, 4) is 0 Å². The van der Waals surface area contributed by atoms with Gasteiger partial charge in [-0.15, -0.1) is 0 Å². The fourth-order valence-corrected chi connectivity index (χ4v) is 3.39. The molecule has 2 heteroatoms. The van der Waals surface area contributed by atoms with Crippen molar-refractivity contribution in [1.82, 2.24) is 0 Å². The standard InChI is InChI=1S/C15H28O2/c1-11(2)14-7-12(9-17-14)8-15(3,4)13-5-6-16-10-13/h11-14H,5-10H2,1-4H3. The van der Waals surface area contributed by atoms with Crippen molar-refractivity contribution < 1.29 is 9.47 Å². The minimum atomic E-state index is 0.413. The lowest BCUT2D eigenvalue weighted by Crippen LogP contribution is -2.27. The fraction of sp³-hybridized carbons (Fsp3) is 1.00. The maximum Gasteiger partial charge on any atom is 0.0601 e. The summed E-state index contributed by atoms with van der Waals surface area (Å²) in [5, 5.41) is 0. The molecule has 0 bridgehead atoms. The molecular weight excluding hydrogens is 212 g/mol. The van der Waals surface area contributed by atoms with E-state index in [1.54, 1.807) is 0 Å². The zero-order valence-electron chi connectivity index (χ0n) is 11.9. The summed E-state index contributed by atoms with van der Waals surface area (Å²) in [6.45, 7) is 12.3. The lowest BCUT2D eigenvalue weighted by molar-refractivity contribution is 0.0685. The molecule has 0 amide bonds. The summed E-state index contributed by atoms with van der Waals surface area (Å²) in [6, 6.07) is 0. The first-order valence-electron chi connectivity index (χ1n) is 7.18. The highest BCUT2D eigenvalue weighted by Gasteiger charge is 2.37. The second-order valence-corrected chi connectivity index (χ2v) is 6.97. The molecule has 2 aliphatic rings. The highest BCUT2D eigenvalue weighted by Crippen LogP contribution is 2.41. The van der Waals surface area contributed by atoms with E-state index in [9.17, 15) is 0 Å². The molecule has 2 nitrogen and oxygen atoms in total. The van der Waals surface area contributed by atoms with E-state index in [4.69, 9.17) is 9.47 Å². The van der Waals surface area contributed by atoms with Gasteiger partial charge in [-0.25, -0.2) is 0 Å². The second kappa shape index (κ2) is 5.27. The fourth-order valence-electron chi connectivity index (χ4n) is 3.39. The van der Waals surface area contributed by atoms with Crippen molar-refractivity contribution in [3.63, 3.8) is 0 Å². The van der Waals surface area contributed by atoms with Gasteiger partial charge in [0.2, 0.25) is 0 Å². The smallest absolute Gasteiger partial charge is 0.0601 e. The van der Waals surface area contributed by atoms with E-state index < -0.39 is 0 Å². The Hall–Kier alpha value is -0.0800. The van der Waals surface area contributed by atoms with Crippen LogP contribution in [0.5, 0.6) is 0 Å². The second-order valence-electron chi connectivity index (χ2n) is 6.97. The monoisotopic (exact) mass is 240 g/mol. The van der Waals surface area contributed by atoms with E-state index in [0.717, 1.165) is 31.7 Å². The van der Waals surface area contributed by atoms with Crippen molar-refractivity contribution in [3.05, 3.63) is 0 Å². The average Bonchev–Trinajstić information content (AvgIpc) is 2.85. The minimum absolute atomic E-state index is 0.413. The summed E-state index contributed by atoms with van der Waals surface area (Å²) in [7, 11) is 0. The quantitative estimate of drug-likeness (QED) is 0.749. The number of hydrogen-bond donors (Lipinski definition) is 0.